The first kappa shape index (κ1) is 11.0. The Bertz CT molecular complexity index is 728. The molecule has 0 atom stereocenters. The van der Waals surface area contributed by atoms with Crippen LogP contribution in [0.25, 0.3) is 22.4 Å². The van der Waals surface area contributed by atoms with Gasteiger partial charge in [0.25, 0.3) is 0 Å². The first-order valence-corrected chi connectivity index (χ1v) is 5.87. The van der Waals surface area contributed by atoms with E-state index in [4.69, 9.17) is 0 Å². The van der Waals surface area contributed by atoms with Gasteiger partial charge in [-0.25, -0.2) is 9.37 Å². The summed E-state index contributed by atoms with van der Waals surface area (Å²) in [5.41, 5.74) is 4.46. The Morgan fingerprint density at radius 1 is 1.11 bits per heavy atom. The summed E-state index contributed by atoms with van der Waals surface area (Å²) >= 11 is 0. The maximum Gasteiger partial charge on any atom is 0.141 e. The first-order chi connectivity index (χ1) is 8.65. The van der Waals surface area contributed by atoms with Crippen molar-refractivity contribution in [1.29, 1.82) is 0 Å². The lowest BCUT2D eigenvalue weighted by Gasteiger charge is -2.00. The second-order valence-electron chi connectivity index (χ2n) is 4.54. The summed E-state index contributed by atoms with van der Waals surface area (Å²) in [7, 11) is 0. The number of hydrogen-bond acceptors (Lipinski definition) is 1. The molecule has 0 amide bonds. The smallest absolute Gasteiger partial charge is 0.141 e. The number of aryl methyl sites for hydroxylation is 2. The number of nitrogens with zero attached hydrogens (tertiary/aromatic N) is 1. The highest BCUT2D eigenvalue weighted by atomic mass is 19.1. The average Bonchev–Trinajstić information content (AvgIpc) is 2.77. The normalized spacial score (nSPS) is 11.1. The Kier molecular flexibility index (Phi) is 2.40. The van der Waals surface area contributed by atoms with E-state index in [9.17, 15) is 4.39 Å². The van der Waals surface area contributed by atoms with Crippen LogP contribution in [0, 0.1) is 19.7 Å². The molecule has 0 aliphatic heterocycles. The fourth-order valence-corrected chi connectivity index (χ4v) is 2.12. The van der Waals surface area contributed by atoms with Gasteiger partial charge in [0.2, 0.25) is 0 Å². The second kappa shape index (κ2) is 3.95. The van der Waals surface area contributed by atoms with E-state index < -0.39 is 0 Å². The predicted molar refractivity (Wildman–Crippen MR) is 71.0 cm³/mol. The van der Waals surface area contributed by atoms with E-state index in [1.165, 1.54) is 6.07 Å². The van der Waals surface area contributed by atoms with Gasteiger partial charge in [0.1, 0.15) is 11.6 Å². The minimum atomic E-state index is -0.252. The van der Waals surface area contributed by atoms with Gasteiger partial charge < -0.3 is 4.98 Å². The third-order valence-electron chi connectivity index (χ3n) is 3.09. The van der Waals surface area contributed by atoms with Gasteiger partial charge in [-0.2, -0.15) is 0 Å². The number of halogens is 1. The van der Waals surface area contributed by atoms with E-state index in [1.54, 1.807) is 6.07 Å². The molecule has 0 fully saturated rings. The highest BCUT2D eigenvalue weighted by Gasteiger charge is 2.11. The van der Waals surface area contributed by atoms with E-state index in [0.29, 0.717) is 11.4 Å². The van der Waals surface area contributed by atoms with Crippen LogP contribution in [0.3, 0.4) is 0 Å². The van der Waals surface area contributed by atoms with Gasteiger partial charge in [0.15, 0.2) is 0 Å². The Hall–Kier alpha value is -2.16. The van der Waals surface area contributed by atoms with Crippen molar-refractivity contribution in [2.75, 3.05) is 0 Å². The summed E-state index contributed by atoms with van der Waals surface area (Å²) in [6.07, 6.45) is 0. The molecule has 3 heteroatoms. The number of aromatic nitrogens is 2. The summed E-state index contributed by atoms with van der Waals surface area (Å²) in [5, 5.41) is 0. The summed E-state index contributed by atoms with van der Waals surface area (Å²) in [4.78, 5) is 7.66. The van der Waals surface area contributed by atoms with Crippen LogP contribution >= 0.6 is 0 Å². The number of aromatic amines is 1. The third-order valence-corrected chi connectivity index (χ3v) is 3.09. The SMILES string of the molecule is Cc1ccc(F)c(-c2nc3c(C)cccc3[nH]2)c1. The van der Waals surface area contributed by atoms with Gasteiger partial charge in [-0.1, -0.05) is 23.8 Å². The summed E-state index contributed by atoms with van der Waals surface area (Å²) in [6, 6.07) is 11.0. The lowest BCUT2D eigenvalue weighted by atomic mass is 10.1. The molecule has 0 aliphatic rings. The zero-order valence-electron chi connectivity index (χ0n) is 10.3. The highest BCUT2D eigenvalue weighted by molar-refractivity contribution is 5.82. The molecule has 0 unspecified atom stereocenters. The molecular formula is C15H13FN2. The zero-order chi connectivity index (χ0) is 12.7. The van der Waals surface area contributed by atoms with Gasteiger partial charge >= 0.3 is 0 Å². The minimum Gasteiger partial charge on any atom is -0.338 e. The van der Waals surface area contributed by atoms with Crippen LogP contribution in [-0.4, -0.2) is 9.97 Å². The van der Waals surface area contributed by atoms with Crippen LogP contribution in [0.5, 0.6) is 0 Å². The van der Waals surface area contributed by atoms with Crippen molar-refractivity contribution in [3.8, 4) is 11.4 Å². The topological polar surface area (TPSA) is 28.7 Å². The molecule has 0 saturated heterocycles. The van der Waals surface area contributed by atoms with Gasteiger partial charge in [0, 0.05) is 0 Å². The van der Waals surface area contributed by atoms with E-state index in [0.717, 1.165) is 22.2 Å². The summed E-state index contributed by atoms with van der Waals surface area (Å²) in [5.74, 6) is 0.331. The van der Waals surface area contributed by atoms with Crippen LogP contribution in [0.1, 0.15) is 11.1 Å². The number of benzene rings is 2. The van der Waals surface area contributed by atoms with Crippen LogP contribution in [0.2, 0.25) is 0 Å². The molecule has 3 rings (SSSR count). The van der Waals surface area contributed by atoms with E-state index >= 15 is 0 Å². The molecule has 0 spiro atoms. The maximum absolute atomic E-state index is 13.8. The average molecular weight is 240 g/mol. The largest absolute Gasteiger partial charge is 0.338 e. The molecule has 0 bridgehead atoms. The molecule has 1 aromatic heterocycles. The van der Waals surface area contributed by atoms with Gasteiger partial charge in [-0.05, 0) is 37.6 Å². The zero-order valence-corrected chi connectivity index (χ0v) is 10.3. The Balaban J connectivity index is 2.26. The van der Waals surface area contributed by atoms with Crippen molar-refractivity contribution in [2.45, 2.75) is 13.8 Å². The standard InChI is InChI=1S/C15H13FN2/c1-9-6-7-12(16)11(8-9)15-17-13-5-3-4-10(2)14(13)18-15/h3-8H,1-2H3,(H,17,18). The molecular weight excluding hydrogens is 227 g/mol. The number of nitrogens with one attached hydrogen (secondary N) is 1. The molecule has 1 heterocycles. The van der Waals surface area contributed by atoms with Gasteiger partial charge in [-0.3, -0.25) is 0 Å². The van der Waals surface area contributed by atoms with Crippen LogP contribution in [0.4, 0.5) is 4.39 Å². The quantitative estimate of drug-likeness (QED) is 0.684. The highest BCUT2D eigenvalue weighted by Crippen LogP contribution is 2.25. The number of fused-ring (bicyclic) bond motifs is 1. The van der Waals surface area contributed by atoms with Crippen LogP contribution in [0.15, 0.2) is 36.4 Å². The lowest BCUT2D eigenvalue weighted by molar-refractivity contribution is 0.630. The monoisotopic (exact) mass is 240 g/mol. The molecule has 18 heavy (non-hydrogen) atoms. The second-order valence-corrected chi connectivity index (χ2v) is 4.54. The van der Waals surface area contributed by atoms with E-state index in [1.807, 2.05) is 38.1 Å². The van der Waals surface area contributed by atoms with Crippen molar-refractivity contribution in [3.63, 3.8) is 0 Å². The van der Waals surface area contributed by atoms with Crippen molar-refractivity contribution in [1.82, 2.24) is 9.97 Å². The fourth-order valence-electron chi connectivity index (χ4n) is 2.12. The Morgan fingerprint density at radius 3 is 2.72 bits per heavy atom. The Labute approximate surface area is 104 Å². The molecule has 2 aromatic carbocycles. The molecule has 0 saturated carbocycles. The van der Waals surface area contributed by atoms with Crippen molar-refractivity contribution >= 4 is 11.0 Å². The number of imidazole rings is 1. The van der Waals surface area contributed by atoms with Gasteiger partial charge in [-0.15, -0.1) is 0 Å². The number of para-hydroxylation sites is 1. The van der Waals surface area contributed by atoms with Crippen molar-refractivity contribution in [3.05, 3.63) is 53.3 Å². The predicted octanol–water partition coefficient (Wildman–Crippen LogP) is 3.99. The Morgan fingerprint density at radius 2 is 1.94 bits per heavy atom. The summed E-state index contributed by atoms with van der Waals surface area (Å²) in [6.45, 7) is 3.94. The van der Waals surface area contributed by atoms with Crippen LogP contribution in [-0.2, 0) is 0 Å². The van der Waals surface area contributed by atoms with E-state index in [2.05, 4.69) is 9.97 Å². The number of rotatable bonds is 1. The molecule has 3 aromatic rings. The molecule has 0 radical (unpaired) electrons. The molecule has 0 aliphatic carbocycles. The van der Waals surface area contributed by atoms with E-state index in [-0.39, 0.29) is 5.82 Å². The van der Waals surface area contributed by atoms with Crippen molar-refractivity contribution in [2.24, 2.45) is 0 Å². The maximum atomic E-state index is 13.8. The molecule has 90 valence electrons. The van der Waals surface area contributed by atoms with Crippen molar-refractivity contribution < 1.29 is 4.39 Å². The lowest BCUT2D eigenvalue weighted by Crippen LogP contribution is -1.87. The molecule has 1 N–H and O–H groups in total. The third kappa shape index (κ3) is 1.68. The summed E-state index contributed by atoms with van der Waals surface area (Å²) < 4.78 is 13.8. The van der Waals surface area contributed by atoms with Gasteiger partial charge in [0.05, 0.1) is 16.6 Å². The van der Waals surface area contributed by atoms with Crippen LogP contribution < -0.4 is 0 Å². The first-order valence-electron chi connectivity index (χ1n) is 5.87. The fraction of sp³-hybridized carbons (Fsp3) is 0.133. The number of hydrogen-bond donors (Lipinski definition) is 1. The molecule has 2 nitrogen and oxygen atoms in total. The number of H-pyrrole nitrogens is 1. The minimum absolute atomic E-state index is 0.252.